The summed E-state index contributed by atoms with van der Waals surface area (Å²) in [5.74, 6) is -1.93. The molecule has 3 nitrogen and oxygen atoms in total. The Morgan fingerprint density at radius 2 is 2.00 bits per heavy atom. The molecule has 0 bridgehead atoms. The average Bonchev–Trinajstić information content (AvgIpc) is 2.38. The predicted molar refractivity (Wildman–Crippen MR) is 68.2 cm³/mol. The second-order valence-electron chi connectivity index (χ2n) is 5.20. The van der Waals surface area contributed by atoms with Gasteiger partial charge in [-0.25, -0.2) is 0 Å². The maximum Gasteiger partial charge on any atom is 0.393 e. The van der Waals surface area contributed by atoms with Crippen molar-refractivity contribution in [2.75, 3.05) is 0 Å². The maximum absolute atomic E-state index is 12.9. The molecule has 0 saturated heterocycles. The standard InChI is InChI=1S/C14H17F3N2O/c1-9-6-7-10(8-18-9)13(20)19-12-5-3-2-4-11(12)14(15,16)17/h6-8,11-12H,2-5H2,1H3,(H,19,20)/t11-,12+/m1/s1. The molecule has 0 spiro atoms. The van der Waals surface area contributed by atoms with Gasteiger partial charge in [-0.05, 0) is 31.9 Å². The van der Waals surface area contributed by atoms with Gasteiger partial charge in [0.2, 0.25) is 0 Å². The van der Waals surface area contributed by atoms with E-state index in [4.69, 9.17) is 0 Å². The summed E-state index contributed by atoms with van der Waals surface area (Å²) in [4.78, 5) is 16.0. The molecule has 0 unspecified atom stereocenters. The smallest absolute Gasteiger partial charge is 0.349 e. The number of nitrogens with zero attached hydrogens (tertiary/aromatic N) is 1. The quantitative estimate of drug-likeness (QED) is 0.907. The molecular weight excluding hydrogens is 269 g/mol. The summed E-state index contributed by atoms with van der Waals surface area (Å²) in [6, 6.07) is 2.40. The molecule has 1 aromatic rings. The third-order valence-corrected chi connectivity index (χ3v) is 3.68. The monoisotopic (exact) mass is 286 g/mol. The molecule has 1 aromatic heterocycles. The Bertz CT molecular complexity index is 470. The van der Waals surface area contributed by atoms with Crippen LogP contribution in [0.25, 0.3) is 0 Å². The highest BCUT2D eigenvalue weighted by molar-refractivity contribution is 5.94. The van der Waals surface area contributed by atoms with Gasteiger partial charge in [-0.1, -0.05) is 12.8 Å². The minimum atomic E-state index is -4.26. The van der Waals surface area contributed by atoms with E-state index < -0.39 is 24.0 Å². The fraction of sp³-hybridized carbons (Fsp3) is 0.571. The number of aryl methyl sites for hydroxylation is 1. The summed E-state index contributed by atoms with van der Waals surface area (Å²) in [6.45, 7) is 1.78. The van der Waals surface area contributed by atoms with Crippen LogP contribution in [0.15, 0.2) is 18.3 Å². The molecule has 1 heterocycles. The third-order valence-electron chi connectivity index (χ3n) is 3.68. The molecule has 0 aliphatic heterocycles. The number of alkyl halides is 3. The molecule has 0 radical (unpaired) electrons. The SMILES string of the molecule is Cc1ccc(C(=O)N[C@H]2CCCC[C@H]2C(F)(F)F)cn1. The topological polar surface area (TPSA) is 42.0 Å². The lowest BCUT2D eigenvalue weighted by Crippen LogP contribution is -2.47. The Balaban J connectivity index is 2.07. The zero-order valence-electron chi connectivity index (χ0n) is 11.2. The van der Waals surface area contributed by atoms with Gasteiger partial charge in [0.15, 0.2) is 0 Å². The molecule has 6 heteroatoms. The number of hydrogen-bond donors (Lipinski definition) is 1. The van der Waals surface area contributed by atoms with E-state index in [1.54, 1.807) is 19.1 Å². The Kier molecular flexibility index (Phi) is 4.30. The van der Waals surface area contributed by atoms with Crippen LogP contribution in [0, 0.1) is 12.8 Å². The van der Waals surface area contributed by atoms with Gasteiger partial charge in [0.05, 0.1) is 11.5 Å². The van der Waals surface area contributed by atoms with Gasteiger partial charge < -0.3 is 5.32 Å². The van der Waals surface area contributed by atoms with Crippen LogP contribution in [0.2, 0.25) is 0 Å². The number of pyridine rings is 1. The largest absolute Gasteiger partial charge is 0.393 e. The van der Waals surface area contributed by atoms with Gasteiger partial charge in [0.25, 0.3) is 5.91 Å². The van der Waals surface area contributed by atoms with E-state index in [0.29, 0.717) is 24.8 Å². The Labute approximate surface area is 115 Å². The molecule has 1 aliphatic rings. The molecular formula is C14H17F3N2O. The number of carbonyl (C=O) groups excluding carboxylic acids is 1. The highest BCUT2D eigenvalue weighted by atomic mass is 19.4. The molecule has 1 saturated carbocycles. The van der Waals surface area contributed by atoms with Crippen molar-refractivity contribution in [2.45, 2.75) is 44.8 Å². The van der Waals surface area contributed by atoms with E-state index in [2.05, 4.69) is 10.3 Å². The van der Waals surface area contributed by atoms with Crippen molar-refractivity contribution in [3.63, 3.8) is 0 Å². The second-order valence-corrected chi connectivity index (χ2v) is 5.20. The number of amides is 1. The molecule has 1 fully saturated rings. The maximum atomic E-state index is 12.9. The highest BCUT2D eigenvalue weighted by Crippen LogP contribution is 2.37. The number of hydrogen-bond acceptors (Lipinski definition) is 2. The van der Waals surface area contributed by atoms with Crippen molar-refractivity contribution < 1.29 is 18.0 Å². The number of rotatable bonds is 2. The van der Waals surface area contributed by atoms with Crippen LogP contribution in [0.4, 0.5) is 13.2 Å². The molecule has 2 atom stereocenters. The van der Waals surface area contributed by atoms with E-state index in [-0.39, 0.29) is 6.42 Å². The predicted octanol–water partition coefficient (Wildman–Crippen LogP) is 3.24. The van der Waals surface area contributed by atoms with Crippen LogP contribution < -0.4 is 5.32 Å². The van der Waals surface area contributed by atoms with Gasteiger partial charge >= 0.3 is 6.18 Å². The van der Waals surface area contributed by atoms with Crippen LogP contribution in [0.3, 0.4) is 0 Å². The van der Waals surface area contributed by atoms with E-state index in [0.717, 1.165) is 5.69 Å². The summed E-state index contributed by atoms with van der Waals surface area (Å²) in [5, 5.41) is 2.51. The van der Waals surface area contributed by atoms with Crippen molar-refractivity contribution in [1.82, 2.24) is 10.3 Å². The molecule has 1 aliphatic carbocycles. The average molecular weight is 286 g/mol. The first-order valence-electron chi connectivity index (χ1n) is 6.68. The molecule has 110 valence electrons. The summed E-state index contributed by atoms with van der Waals surface area (Å²) in [7, 11) is 0. The minimum Gasteiger partial charge on any atom is -0.349 e. The van der Waals surface area contributed by atoms with Crippen LogP contribution in [0.5, 0.6) is 0 Å². The van der Waals surface area contributed by atoms with E-state index in [9.17, 15) is 18.0 Å². The first-order valence-corrected chi connectivity index (χ1v) is 6.68. The van der Waals surface area contributed by atoms with E-state index >= 15 is 0 Å². The summed E-state index contributed by atoms with van der Waals surface area (Å²) in [5.41, 5.74) is 1.05. The second kappa shape index (κ2) is 5.81. The van der Waals surface area contributed by atoms with Crippen molar-refractivity contribution in [2.24, 2.45) is 5.92 Å². The van der Waals surface area contributed by atoms with Gasteiger partial charge in [-0.2, -0.15) is 13.2 Å². The van der Waals surface area contributed by atoms with Crippen LogP contribution >= 0.6 is 0 Å². The summed E-state index contributed by atoms with van der Waals surface area (Å²) < 4.78 is 38.8. The lowest BCUT2D eigenvalue weighted by molar-refractivity contribution is -0.187. The number of halogens is 3. The molecule has 2 rings (SSSR count). The molecule has 20 heavy (non-hydrogen) atoms. The van der Waals surface area contributed by atoms with Crippen molar-refractivity contribution >= 4 is 5.91 Å². The fourth-order valence-electron chi connectivity index (χ4n) is 2.55. The first kappa shape index (κ1) is 14.8. The third kappa shape index (κ3) is 3.49. The summed E-state index contributed by atoms with van der Waals surface area (Å²) in [6.07, 6.45) is -1.15. The zero-order valence-corrected chi connectivity index (χ0v) is 11.2. The van der Waals surface area contributed by atoms with E-state index in [1.165, 1.54) is 6.20 Å². The Hall–Kier alpha value is -1.59. The fourth-order valence-corrected chi connectivity index (χ4v) is 2.55. The van der Waals surface area contributed by atoms with Gasteiger partial charge in [-0.15, -0.1) is 0 Å². The minimum absolute atomic E-state index is 0.0839. The van der Waals surface area contributed by atoms with E-state index in [1.807, 2.05) is 0 Å². The normalized spacial score (nSPS) is 23.4. The van der Waals surface area contributed by atoms with Crippen molar-refractivity contribution in [1.29, 1.82) is 0 Å². The van der Waals surface area contributed by atoms with Crippen molar-refractivity contribution in [3.05, 3.63) is 29.6 Å². The Morgan fingerprint density at radius 3 is 2.60 bits per heavy atom. The first-order chi connectivity index (χ1) is 9.38. The zero-order chi connectivity index (χ0) is 14.8. The number of nitrogens with one attached hydrogen (secondary N) is 1. The highest BCUT2D eigenvalue weighted by Gasteiger charge is 2.45. The Morgan fingerprint density at radius 1 is 1.30 bits per heavy atom. The van der Waals surface area contributed by atoms with Crippen LogP contribution in [0.1, 0.15) is 41.7 Å². The van der Waals surface area contributed by atoms with Gasteiger partial charge in [-0.3, -0.25) is 9.78 Å². The van der Waals surface area contributed by atoms with Crippen molar-refractivity contribution in [3.8, 4) is 0 Å². The lowest BCUT2D eigenvalue weighted by atomic mass is 9.84. The molecule has 1 N–H and O–H groups in total. The number of carbonyl (C=O) groups is 1. The van der Waals surface area contributed by atoms with Gasteiger partial charge in [0, 0.05) is 17.9 Å². The lowest BCUT2D eigenvalue weighted by Gasteiger charge is -2.33. The van der Waals surface area contributed by atoms with Crippen LogP contribution in [-0.2, 0) is 0 Å². The van der Waals surface area contributed by atoms with Gasteiger partial charge in [0.1, 0.15) is 0 Å². The summed E-state index contributed by atoms with van der Waals surface area (Å²) >= 11 is 0. The number of aromatic nitrogens is 1. The molecule has 0 aromatic carbocycles. The van der Waals surface area contributed by atoms with Crippen LogP contribution in [-0.4, -0.2) is 23.1 Å². The molecule has 1 amide bonds.